The summed E-state index contributed by atoms with van der Waals surface area (Å²) in [5.41, 5.74) is 0.597. The highest BCUT2D eigenvalue weighted by atomic mass is 32.2. The van der Waals surface area contributed by atoms with E-state index in [1.54, 1.807) is 0 Å². The molecule has 1 heterocycles. The van der Waals surface area contributed by atoms with Crippen molar-refractivity contribution >= 4 is 11.1 Å². The maximum atomic E-state index is 2.70. The molecule has 1 nitrogen and oxygen atoms in total. The van der Waals surface area contributed by atoms with Crippen LogP contribution in [0.4, 0.5) is 0 Å². The lowest BCUT2D eigenvalue weighted by Gasteiger charge is -2.33. The van der Waals surface area contributed by atoms with Crippen molar-refractivity contribution in [2.24, 2.45) is 11.3 Å². The molecular weight excluding hydrogens is 190 g/mol. The fourth-order valence-electron chi connectivity index (χ4n) is 2.26. The van der Waals surface area contributed by atoms with Gasteiger partial charge in [-0.15, -0.1) is 0 Å². The van der Waals surface area contributed by atoms with E-state index >= 15 is 0 Å². The largest absolute Gasteiger partial charge is 0.271 e. The van der Waals surface area contributed by atoms with Crippen LogP contribution in [0.3, 0.4) is 0 Å². The van der Waals surface area contributed by atoms with Gasteiger partial charge in [0.1, 0.15) is 0 Å². The van der Waals surface area contributed by atoms with Gasteiger partial charge in [0.2, 0.25) is 0 Å². The van der Waals surface area contributed by atoms with Gasteiger partial charge in [-0.1, -0.05) is 20.8 Å². The van der Waals surface area contributed by atoms with Crippen molar-refractivity contribution in [3.05, 3.63) is 0 Å². The zero-order valence-electron chi connectivity index (χ0n) is 10.5. The van der Waals surface area contributed by atoms with E-state index in [0.717, 1.165) is 5.92 Å². The van der Waals surface area contributed by atoms with Gasteiger partial charge in [-0.25, -0.2) is 11.1 Å². The molecule has 1 saturated heterocycles. The van der Waals surface area contributed by atoms with Crippen LogP contribution in [0, 0.1) is 11.3 Å². The summed E-state index contributed by atoms with van der Waals surface area (Å²) in [7, 11) is 0. The molecule has 14 heavy (non-hydrogen) atoms. The molecule has 1 unspecified atom stereocenters. The second kappa shape index (κ2) is 4.89. The summed E-state index contributed by atoms with van der Waals surface area (Å²) in [5, 5.41) is 0. The van der Waals surface area contributed by atoms with Crippen molar-refractivity contribution in [3.8, 4) is 0 Å². The molecule has 1 atom stereocenters. The molecular formula is C12H27NS. The summed E-state index contributed by atoms with van der Waals surface area (Å²) in [6.07, 6.45) is 8.98. The zero-order valence-corrected chi connectivity index (χ0v) is 11.4. The van der Waals surface area contributed by atoms with Crippen LogP contribution in [0.5, 0.6) is 0 Å². The summed E-state index contributed by atoms with van der Waals surface area (Å²) in [6, 6.07) is 0. The lowest BCUT2D eigenvalue weighted by Crippen LogP contribution is -2.26. The molecule has 0 N–H and O–H groups in total. The monoisotopic (exact) mass is 217 g/mol. The van der Waals surface area contributed by atoms with E-state index < -0.39 is 0 Å². The topological polar surface area (TPSA) is 3.24 Å². The van der Waals surface area contributed by atoms with Gasteiger partial charge in [0.25, 0.3) is 0 Å². The Labute approximate surface area is 92.7 Å². The lowest BCUT2D eigenvalue weighted by atomic mass is 9.73. The molecule has 1 aliphatic rings. The van der Waals surface area contributed by atoms with E-state index in [9.17, 15) is 0 Å². The zero-order chi connectivity index (χ0) is 10.8. The summed E-state index contributed by atoms with van der Waals surface area (Å²) in [5.74, 6) is 0.836. The Balaban J connectivity index is 2.56. The van der Waals surface area contributed by atoms with E-state index in [0.29, 0.717) is 5.41 Å². The SMILES string of the molecule is CC(C)C1(C)CCCN([SH](C)C)CC1. The Morgan fingerprint density at radius 1 is 1.14 bits per heavy atom. The summed E-state index contributed by atoms with van der Waals surface area (Å²) >= 11 is 0.137. The second-order valence-corrected chi connectivity index (χ2v) is 7.72. The second-order valence-electron chi connectivity index (χ2n) is 5.46. The van der Waals surface area contributed by atoms with E-state index in [-0.39, 0.29) is 11.1 Å². The Bertz CT molecular complexity index is 179. The third-order valence-electron chi connectivity index (χ3n) is 4.06. The van der Waals surface area contributed by atoms with E-state index in [1.807, 2.05) is 0 Å². The third kappa shape index (κ3) is 2.90. The van der Waals surface area contributed by atoms with Gasteiger partial charge in [0.05, 0.1) is 0 Å². The van der Waals surface area contributed by atoms with Gasteiger partial charge in [-0.05, 0) is 43.1 Å². The minimum atomic E-state index is 0.137. The lowest BCUT2D eigenvalue weighted by molar-refractivity contribution is 0.188. The van der Waals surface area contributed by atoms with Crippen LogP contribution < -0.4 is 0 Å². The molecule has 1 fully saturated rings. The highest BCUT2D eigenvalue weighted by molar-refractivity contribution is 8.13. The van der Waals surface area contributed by atoms with Gasteiger partial charge < -0.3 is 0 Å². The Morgan fingerprint density at radius 3 is 2.29 bits per heavy atom. The summed E-state index contributed by atoms with van der Waals surface area (Å²) < 4.78 is 2.70. The fourth-order valence-corrected chi connectivity index (χ4v) is 3.31. The molecule has 0 radical (unpaired) electrons. The molecule has 1 aliphatic heterocycles. The molecule has 1 rings (SSSR count). The number of hydrogen-bond acceptors (Lipinski definition) is 1. The molecule has 2 heteroatoms. The fraction of sp³-hybridized carbons (Fsp3) is 1.00. The van der Waals surface area contributed by atoms with Crippen molar-refractivity contribution in [3.63, 3.8) is 0 Å². The molecule has 0 amide bonds. The molecule has 86 valence electrons. The first kappa shape index (κ1) is 12.4. The molecule has 0 spiro atoms. The molecule has 0 aromatic heterocycles. The van der Waals surface area contributed by atoms with E-state index in [2.05, 4.69) is 37.6 Å². The van der Waals surface area contributed by atoms with Gasteiger partial charge >= 0.3 is 0 Å². The average Bonchev–Trinajstić information content (AvgIpc) is 2.28. The first-order chi connectivity index (χ1) is 6.46. The number of rotatable bonds is 2. The van der Waals surface area contributed by atoms with Crippen LogP contribution in [0.15, 0.2) is 0 Å². The van der Waals surface area contributed by atoms with Crippen molar-refractivity contribution in [1.82, 2.24) is 4.31 Å². The van der Waals surface area contributed by atoms with Crippen molar-refractivity contribution < 1.29 is 0 Å². The maximum absolute atomic E-state index is 2.70. The predicted octanol–water partition coefficient (Wildman–Crippen LogP) is 3.31. The highest BCUT2D eigenvalue weighted by Gasteiger charge is 2.30. The maximum Gasteiger partial charge on any atom is 0.00767 e. The summed E-state index contributed by atoms with van der Waals surface area (Å²) in [6.45, 7) is 9.91. The molecule has 0 aromatic rings. The van der Waals surface area contributed by atoms with Crippen molar-refractivity contribution in [2.75, 3.05) is 25.6 Å². The average molecular weight is 217 g/mol. The molecule has 0 saturated carbocycles. The molecule has 0 aromatic carbocycles. The Kier molecular flexibility index (Phi) is 4.32. The number of nitrogens with zero attached hydrogens (tertiary/aromatic N) is 1. The van der Waals surface area contributed by atoms with Crippen molar-refractivity contribution in [2.45, 2.75) is 40.0 Å². The van der Waals surface area contributed by atoms with Crippen LogP contribution in [0.2, 0.25) is 0 Å². The first-order valence-corrected chi connectivity index (χ1v) is 8.07. The third-order valence-corrected chi connectivity index (χ3v) is 5.60. The number of thiol groups is 1. The Morgan fingerprint density at radius 2 is 1.79 bits per heavy atom. The van der Waals surface area contributed by atoms with Gasteiger partial charge in [-0.3, -0.25) is 4.31 Å². The summed E-state index contributed by atoms with van der Waals surface area (Å²) in [4.78, 5) is 0. The van der Waals surface area contributed by atoms with Crippen LogP contribution >= 0.6 is 11.1 Å². The number of hydrogen-bond donors (Lipinski definition) is 1. The van der Waals surface area contributed by atoms with E-state index in [4.69, 9.17) is 0 Å². The predicted molar refractivity (Wildman–Crippen MR) is 69.2 cm³/mol. The normalized spacial score (nSPS) is 31.7. The van der Waals surface area contributed by atoms with Crippen LogP contribution in [0.25, 0.3) is 0 Å². The van der Waals surface area contributed by atoms with Crippen molar-refractivity contribution in [1.29, 1.82) is 0 Å². The standard InChI is InChI=1S/C12H27NS/c1-11(2)12(3)7-6-9-13(10-8-12)14(4)5/h11,14H,6-10H2,1-5H3. The van der Waals surface area contributed by atoms with Crippen LogP contribution in [-0.4, -0.2) is 29.9 Å². The van der Waals surface area contributed by atoms with Gasteiger partial charge in [-0.2, -0.15) is 0 Å². The van der Waals surface area contributed by atoms with E-state index in [1.165, 1.54) is 32.4 Å². The first-order valence-electron chi connectivity index (χ1n) is 5.88. The molecule has 0 bridgehead atoms. The highest BCUT2D eigenvalue weighted by Crippen LogP contribution is 2.40. The quantitative estimate of drug-likeness (QED) is 0.695. The molecule has 0 aliphatic carbocycles. The smallest absolute Gasteiger partial charge is 0.00767 e. The Hall–Kier alpha value is 0.310. The minimum absolute atomic E-state index is 0.137. The van der Waals surface area contributed by atoms with Gasteiger partial charge in [0, 0.05) is 13.1 Å². The van der Waals surface area contributed by atoms with Crippen LogP contribution in [0.1, 0.15) is 40.0 Å². The minimum Gasteiger partial charge on any atom is -0.271 e. The van der Waals surface area contributed by atoms with Crippen LogP contribution in [-0.2, 0) is 0 Å². The van der Waals surface area contributed by atoms with Gasteiger partial charge in [0.15, 0.2) is 0 Å².